The molecule has 0 fully saturated rings. The molecule has 2 rings (SSSR count). The molecule has 0 amide bonds. The molecule has 1 N–H and O–H groups in total. The molecule has 0 saturated heterocycles. The van der Waals surface area contributed by atoms with Gasteiger partial charge in [-0.15, -0.1) is 0 Å². The zero-order chi connectivity index (χ0) is 26.7. The Kier molecular flexibility index (Phi) is 12.9. The highest BCUT2D eigenvalue weighted by Gasteiger charge is 2.25. The molecule has 0 saturated carbocycles. The first kappa shape index (κ1) is 30.3. The third-order valence-electron chi connectivity index (χ3n) is 6.01. The Bertz CT molecular complexity index is 928. The second-order valence-corrected chi connectivity index (χ2v) is 9.66. The van der Waals surface area contributed by atoms with Crippen LogP contribution in [-0.2, 0) is 24.7 Å². The van der Waals surface area contributed by atoms with Crippen molar-refractivity contribution >= 4 is 26.7 Å². The molecule has 6 radical (unpaired) electrons. The van der Waals surface area contributed by atoms with E-state index in [4.69, 9.17) is 18.3 Å². The van der Waals surface area contributed by atoms with E-state index in [1.807, 2.05) is 39.8 Å². The van der Waals surface area contributed by atoms with Crippen LogP contribution in [0.4, 0.5) is 5.69 Å². The van der Waals surface area contributed by atoms with Crippen LogP contribution >= 0.6 is 0 Å². The number of aryl methyl sites for hydroxylation is 1. The monoisotopic (exact) mass is 529 g/mol. The average molecular weight is 530 g/mol. The third-order valence-corrected chi connectivity index (χ3v) is 6.82. The van der Waals surface area contributed by atoms with E-state index in [0.717, 1.165) is 11.1 Å². The fourth-order valence-electron chi connectivity index (χ4n) is 3.71. The molecular weight excluding hydrogens is 494 g/mol. The van der Waals surface area contributed by atoms with Crippen LogP contribution in [0.3, 0.4) is 0 Å². The Morgan fingerprint density at radius 2 is 1.50 bits per heavy atom. The van der Waals surface area contributed by atoms with Gasteiger partial charge in [-0.05, 0) is 57.2 Å². The van der Waals surface area contributed by atoms with E-state index >= 15 is 0 Å². The number of aliphatic hydroxyl groups excluding tert-OH is 1. The van der Waals surface area contributed by atoms with Crippen molar-refractivity contribution in [2.24, 2.45) is 5.92 Å². The Morgan fingerprint density at radius 3 is 2.00 bits per heavy atom. The summed E-state index contributed by atoms with van der Waals surface area (Å²) in [7, 11) is 6.10. The topological polar surface area (TPSA) is 100 Å². The normalized spacial score (nSPS) is 15.8. The van der Waals surface area contributed by atoms with Crippen molar-refractivity contribution < 1.29 is 28.4 Å². The molecule has 2 aromatic carbocycles. The second-order valence-electron chi connectivity index (χ2n) is 9.19. The molecule has 0 spiro atoms. The quantitative estimate of drug-likeness (QED) is 0.150. The fraction of sp³-hybridized carbons (Fsp3) is 0.538. The summed E-state index contributed by atoms with van der Waals surface area (Å²) in [6, 6.07) is 12.2. The van der Waals surface area contributed by atoms with Crippen molar-refractivity contribution in [1.82, 2.24) is 0 Å². The standard InChI is InChI=1S/C26H35NO7Si2/c1-17-5-8-22(9-6-17)25(28)23-16-21(7-10-24(23)27(29)30)15-18(2)26(31-13-11-19(3)33-35)32-14-12-20(4)34-36/h5-10,16,18-20,25-26,28H,11-15H2,1-4H3. The molecule has 194 valence electrons. The lowest BCUT2D eigenvalue weighted by Crippen LogP contribution is -2.29. The lowest BCUT2D eigenvalue weighted by Gasteiger charge is -2.26. The molecule has 0 aliphatic heterocycles. The summed E-state index contributed by atoms with van der Waals surface area (Å²) in [5.74, 6) is -0.0599. The van der Waals surface area contributed by atoms with E-state index in [-0.39, 0.29) is 29.4 Å². The molecule has 2 aromatic rings. The van der Waals surface area contributed by atoms with Gasteiger partial charge in [0.05, 0.1) is 23.7 Å². The SMILES string of the molecule is Cc1ccc(C(O)c2cc(CC(C)C(OCCC(C)O[Si])OCCC(C)O[Si])ccc2[N+](=O)[O-])cc1. The van der Waals surface area contributed by atoms with Crippen LogP contribution in [0.25, 0.3) is 0 Å². The maximum Gasteiger partial charge on any atom is 0.275 e. The smallest absolute Gasteiger partial charge is 0.275 e. The number of rotatable bonds is 16. The first-order valence-electron chi connectivity index (χ1n) is 12.1. The number of hydrogen-bond acceptors (Lipinski definition) is 7. The predicted molar refractivity (Wildman–Crippen MR) is 139 cm³/mol. The predicted octanol–water partition coefficient (Wildman–Crippen LogP) is 4.28. The highest BCUT2D eigenvalue weighted by molar-refractivity contribution is 5.98. The van der Waals surface area contributed by atoms with Crippen LogP contribution in [0.1, 0.15) is 62.0 Å². The highest BCUT2D eigenvalue weighted by atomic mass is 28.2. The molecule has 36 heavy (non-hydrogen) atoms. The Hall–Kier alpha value is -1.93. The average Bonchev–Trinajstić information content (AvgIpc) is 2.87. The maximum atomic E-state index is 11.7. The minimum absolute atomic E-state index is 0.0142. The van der Waals surface area contributed by atoms with Crippen LogP contribution in [-0.4, -0.2) is 62.7 Å². The van der Waals surface area contributed by atoms with Crippen LogP contribution < -0.4 is 0 Å². The molecule has 4 unspecified atom stereocenters. The van der Waals surface area contributed by atoms with E-state index in [9.17, 15) is 15.2 Å². The van der Waals surface area contributed by atoms with Crippen molar-refractivity contribution in [2.45, 2.75) is 71.6 Å². The van der Waals surface area contributed by atoms with E-state index in [2.05, 4.69) is 21.0 Å². The number of nitro benzene ring substituents is 1. The van der Waals surface area contributed by atoms with E-state index < -0.39 is 17.3 Å². The van der Waals surface area contributed by atoms with E-state index in [1.165, 1.54) is 6.07 Å². The number of nitro groups is 1. The summed E-state index contributed by atoms with van der Waals surface area (Å²) in [4.78, 5) is 11.2. The fourth-order valence-corrected chi connectivity index (χ4v) is 3.94. The molecule has 4 atom stereocenters. The summed E-state index contributed by atoms with van der Waals surface area (Å²) < 4.78 is 22.3. The van der Waals surface area contributed by atoms with Gasteiger partial charge in [0.25, 0.3) is 5.69 Å². The van der Waals surface area contributed by atoms with Gasteiger partial charge in [0.2, 0.25) is 21.0 Å². The largest absolute Gasteiger partial charge is 0.416 e. The Morgan fingerprint density at radius 1 is 0.944 bits per heavy atom. The van der Waals surface area contributed by atoms with Crippen molar-refractivity contribution in [2.75, 3.05) is 13.2 Å². The van der Waals surface area contributed by atoms with Gasteiger partial charge in [-0.25, -0.2) is 0 Å². The molecule has 0 heterocycles. The zero-order valence-electron chi connectivity index (χ0n) is 21.3. The molecule has 0 aliphatic carbocycles. The van der Waals surface area contributed by atoms with E-state index in [1.54, 1.807) is 24.3 Å². The summed E-state index contributed by atoms with van der Waals surface area (Å²) >= 11 is 0. The van der Waals surface area contributed by atoms with Crippen molar-refractivity contribution in [3.05, 3.63) is 74.8 Å². The zero-order valence-corrected chi connectivity index (χ0v) is 23.3. The van der Waals surface area contributed by atoms with Crippen molar-refractivity contribution in [3.8, 4) is 0 Å². The number of ether oxygens (including phenoxy) is 2. The summed E-state index contributed by atoms with van der Waals surface area (Å²) in [6.07, 6.45) is 0.280. The summed E-state index contributed by atoms with van der Waals surface area (Å²) in [6.45, 7) is 8.72. The number of nitrogens with zero attached hydrogens (tertiary/aromatic N) is 1. The molecule has 0 aromatic heterocycles. The second kappa shape index (κ2) is 15.4. The van der Waals surface area contributed by atoms with Crippen molar-refractivity contribution in [3.63, 3.8) is 0 Å². The number of hydrogen-bond donors (Lipinski definition) is 1. The van der Waals surface area contributed by atoms with Gasteiger partial charge in [-0.2, -0.15) is 0 Å². The minimum Gasteiger partial charge on any atom is -0.416 e. The van der Waals surface area contributed by atoms with Gasteiger partial charge in [-0.3, -0.25) is 10.1 Å². The molecule has 8 nitrogen and oxygen atoms in total. The van der Waals surface area contributed by atoms with Gasteiger partial charge < -0.3 is 23.4 Å². The lowest BCUT2D eigenvalue weighted by molar-refractivity contribution is -0.386. The van der Waals surface area contributed by atoms with E-state index in [0.29, 0.717) is 38.0 Å². The molecule has 0 bridgehead atoms. The minimum atomic E-state index is -1.11. The van der Waals surface area contributed by atoms with Gasteiger partial charge in [-0.1, -0.05) is 42.8 Å². The van der Waals surface area contributed by atoms with Gasteiger partial charge in [0.1, 0.15) is 6.10 Å². The maximum absolute atomic E-state index is 11.7. The number of benzene rings is 2. The Labute approximate surface area is 220 Å². The lowest BCUT2D eigenvalue weighted by atomic mass is 9.93. The van der Waals surface area contributed by atoms with Gasteiger partial charge >= 0.3 is 0 Å². The first-order chi connectivity index (χ1) is 17.2. The van der Waals surface area contributed by atoms with Crippen LogP contribution in [0.5, 0.6) is 0 Å². The number of aliphatic hydroxyl groups is 1. The summed E-state index contributed by atoms with van der Waals surface area (Å²) in [5, 5.41) is 22.7. The van der Waals surface area contributed by atoms with Crippen LogP contribution in [0, 0.1) is 23.0 Å². The third kappa shape index (κ3) is 9.51. The first-order valence-corrected chi connectivity index (χ1v) is 12.9. The summed E-state index contributed by atoms with van der Waals surface area (Å²) in [5.41, 5.74) is 2.64. The van der Waals surface area contributed by atoms with Gasteiger partial charge in [0.15, 0.2) is 6.29 Å². The van der Waals surface area contributed by atoms with Crippen LogP contribution in [0.15, 0.2) is 42.5 Å². The molecule has 0 aliphatic rings. The molecule has 10 heteroatoms. The van der Waals surface area contributed by atoms with Gasteiger partial charge in [0, 0.05) is 24.2 Å². The van der Waals surface area contributed by atoms with Crippen molar-refractivity contribution in [1.29, 1.82) is 0 Å². The highest BCUT2D eigenvalue weighted by Crippen LogP contribution is 2.32. The Balaban J connectivity index is 2.20. The molecular formula is C26H35NO7Si2. The van der Waals surface area contributed by atoms with Crippen LogP contribution in [0.2, 0.25) is 0 Å².